The number of rotatable bonds is 6. The molecule has 0 bridgehead atoms. The van der Waals surface area contributed by atoms with E-state index in [2.05, 4.69) is 4.84 Å². The van der Waals surface area contributed by atoms with Crippen molar-refractivity contribution in [2.75, 3.05) is 13.2 Å². The number of ether oxygens (including phenoxy) is 1. The molecule has 0 amide bonds. The van der Waals surface area contributed by atoms with Crippen LogP contribution in [0.15, 0.2) is 0 Å². The van der Waals surface area contributed by atoms with E-state index in [-0.39, 0.29) is 5.97 Å². The van der Waals surface area contributed by atoms with Gasteiger partial charge in [0, 0.05) is 6.42 Å². The third-order valence-electron chi connectivity index (χ3n) is 1.20. The van der Waals surface area contributed by atoms with Crippen molar-refractivity contribution in [2.45, 2.75) is 26.2 Å². The highest BCUT2D eigenvalue weighted by atomic mass is 16.6. The maximum Gasteiger partial charge on any atom is 0.305 e. The van der Waals surface area contributed by atoms with Crippen LogP contribution in [0.1, 0.15) is 26.2 Å². The molecule has 2 N–H and O–H groups in total. The van der Waals surface area contributed by atoms with Crippen LogP contribution in [-0.4, -0.2) is 19.2 Å². The molecule has 0 unspecified atom stereocenters. The third-order valence-corrected chi connectivity index (χ3v) is 1.20. The van der Waals surface area contributed by atoms with Gasteiger partial charge in [-0.05, 0) is 19.8 Å². The summed E-state index contributed by atoms with van der Waals surface area (Å²) in [6, 6.07) is 0. The van der Waals surface area contributed by atoms with Crippen molar-refractivity contribution in [3.05, 3.63) is 0 Å². The Morgan fingerprint density at radius 1 is 1.45 bits per heavy atom. The van der Waals surface area contributed by atoms with Crippen LogP contribution in [0.3, 0.4) is 0 Å². The third kappa shape index (κ3) is 7.29. The molecule has 0 fully saturated rings. The highest BCUT2D eigenvalue weighted by Crippen LogP contribution is 1.96. The summed E-state index contributed by atoms with van der Waals surface area (Å²) in [5.74, 6) is 4.64. The molecule has 0 spiro atoms. The van der Waals surface area contributed by atoms with Crippen molar-refractivity contribution in [1.29, 1.82) is 0 Å². The van der Waals surface area contributed by atoms with Gasteiger partial charge in [0.1, 0.15) is 0 Å². The number of carbonyl (C=O) groups is 1. The first-order valence-corrected chi connectivity index (χ1v) is 3.78. The van der Waals surface area contributed by atoms with Gasteiger partial charge in [-0.2, -0.15) is 0 Å². The van der Waals surface area contributed by atoms with E-state index in [1.54, 1.807) is 6.92 Å². The van der Waals surface area contributed by atoms with E-state index in [0.717, 1.165) is 12.8 Å². The molecule has 0 saturated carbocycles. The van der Waals surface area contributed by atoms with E-state index in [0.29, 0.717) is 19.6 Å². The van der Waals surface area contributed by atoms with E-state index < -0.39 is 0 Å². The summed E-state index contributed by atoms with van der Waals surface area (Å²) in [5.41, 5.74) is 0. The molecule has 66 valence electrons. The van der Waals surface area contributed by atoms with Gasteiger partial charge in [0.25, 0.3) is 0 Å². The summed E-state index contributed by atoms with van der Waals surface area (Å²) in [4.78, 5) is 15.0. The highest BCUT2D eigenvalue weighted by molar-refractivity contribution is 5.69. The van der Waals surface area contributed by atoms with Gasteiger partial charge < -0.3 is 9.57 Å². The molecule has 4 nitrogen and oxygen atoms in total. The number of unbranched alkanes of at least 4 members (excludes halogenated alkanes) is 1. The van der Waals surface area contributed by atoms with Gasteiger partial charge in [0.15, 0.2) is 0 Å². The normalized spacial score (nSPS) is 9.64. The Kier molecular flexibility index (Phi) is 7.08. The lowest BCUT2D eigenvalue weighted by atomic mass is 10.2. The second-order valence-corrected chi connectivity index (χ2v) is 2.13. The Morgan fingerprint density at radius 3 is 2.73 bits per heavy atom. The molecular weight excluding hydrogens is 146 g/mol. The minimum absolute atomic E-state index is 0.149. The lowest BCUT2D eigenvalue weighted by Gasteiger charge is -2.00. The Bertz CT molecular complexity index is 106. The monoisotopic (exact) mass is 161 g/mol. The van der Waals surface area contributed by atoms with E-state index in [9.17, 15) is 4.79 Å². The maximum absolute atomic E-state index is 10.7. The average Bonchev–Trinajstić information content (AvgIpc) is 1.99. The van der Waals surface area contributed by atoms with Gasteiger partial charge in [0.05, 0.1) is 13.2 Å². The summed E-state index contributed by atoms with van der Waals surface area (Å²) in [6.45, 7) is 2.74. The first kappa shape index (κ1) is 10.4. The second-order valence-electron chi connectivity index (χ2n) is 2.13. The lowest BCUT2D eigenvalue weighted by molar-refractivity contribution is -0.143. The Hall–Kier alpha value is -0.610. The predicted molar refractivity (Wildman–Crippen MR) is 40.6 cm³/mol. The summed E-state index contributed by atoms with van der Waals surface area (Å²) in [6.07, 6.45) is 2.03. The molecule has 0 heterocycles. The summed E-state index contributed by atoms with van der Waals surface area (Å²) >= 11 is 0. The number of hydrogen-bond acceptors (Lipinski definition) is 4. The van der Waals surface area contributed by atoms with Crippen LogP contribution in [0.25, 0.3) is 0 Å². The largest absolute Gasteiger partial charge is 0.466 e. The fourth-order valence-electron chi connectivity index (χ4n) is 0.688. The van der Waals surface area contributed by atoms with Crippen molar-refractivity contribution >= 4 is 5.97 Å². The Balaban J connectivity index is 3.04. The quantitative estimate of drug-likeness (QED) is 0.352. The number of hydrogen-bond donors (Lipinski definition) is 1. The number of carbonyl (C=O) groups excluding carboxylic acids is 1. The van der Waals surface area contributed by atoms with Crippen LogP contribution >= 0.6 is 0 Å². The second kappa shape index (κ2) is 7.50. The van der Waals surface area contributed by atoms with Gasteiger partial charge in [-0.25, -0.2) is 5.90 Å². The minimum Gasteiger partial charge on any atom is -0.466 e. The molecule has 4 heteroatoms. The standard InChI is InChI=1S/C7H15NO3/c1-2-10-7(9)5-3-4-6-11-8/h2-6,8H2,1H3. The van der Waals surface area contributed by atoms with E-state index in [1.807, 2.05) is 0 Å². The predicted octanol–water partition coefficient (Wildman–Crippen LogP) is 0.610. The van der Waals surface area contributed by atoms with Gasteiger partial charge in [-0.3, -0.25) is 4.79 Å². The molecule has 0 saturated heterocycles. The zero-order valence-electron chi connectivity index (χ0n) is 6.84. The number of esters is 1. The molecule has 0 aliphatic rings. The van der Waals surface area contributed by atoms with Gasteiger partial charge in [0.2, 0.25) is 0 Å². The smallest absolute Gasteiger partial charge is 0.305 e. The summed E-state index contributed by atoms with van der Waals surface area (Å²) < 4.78 is 4.71. The van der Waals surface area contributed by atoms with Crippen molar-refractivity contribution < 1.29 is 14.4 Å². The molecule has 0 atom stereocenters. The fraction of sp³-hybridized carbons (Fsp3) is 0.857. The first-order valence-electron chi connectivity index (χ1n) is 3.78. The summed E-state index contributed by atoms with van der Waals surface area (Å²) in [5, 5.41) is 0. The molecule has 0 aliphatic carbocycles. The van der Waals surface area contributed by atoms with Gasteiger partial charge in [-0.15, -0.1) is 0 Å². The maximum atomic E-state index is 10.7. The van der Waals surface area contributed by atoms with Crippen LogP contribution in [0.4, 0.5) is 0 Å². The molecule has 0 radical (unpaired) electrons. The van der Waals surface area contributed by atoms with Crippen molar-refractivity contribution in [2.24, 2.45) is 5.90 Å². The zero-order valence-corrected chi connectivity index (χ0v) is 6.84. The Labute approximate surface area is 66.6 Å². The molecule has 0 aromatic heterocycles. The number of nitrogens with two attached hydrogens (primary N) is 1. The van der Waals surface area contributed by atoms with Crippen LogP contribution < -0.4 is 5.90 Å². The summed E-state index contributed by atoms with van der Waals surface area (Å²) in [7, 11) is 0. The van der Waals surface area contributed by atoms with Crippen molar-refractivity contribution in [3.8, 4) is 0 Å². The van der Waals surface area contributed by atoms with Gasteiger partial charge >= 0.3 is 5.97 Å². The van der Waals surface area contributed by atoms with Crippen LogP contribution in [-0.2, 0) is 14.4 Å². The Morgan fingerprint density at radius 2 is 2.18 bits per heavy atom. The van der Waals surface area contributed by atoms with E-state index in [4.69, 9.17) is 10.6 Å². The average molecular weight is 161 g/mol. The molecule has 0 rings (SSSR count). The fourth-order valence-corrected chi connectivity index (χ4v) is 0.688. The molecule has 0 aromatic carbocycles. The van der Waals surface area contributed by atoms with Crippen molar-refractivity contribution in [3.63, 3.8) is 0 Å². The van der Waals surface area contributed by atoms with Gasteiger partial charge in [-0.1, -0.05) is 0 Å². The minimum atomic E-state index is -0.149. The molecule has 0 aliphatic heterocycles. The SMILES string of the molecule is CCOC(=O)CCCCON. The lowest BCUT2D eigenvalue weighted by Crippen LogP contribution is -2.05. The molecular formula is C7H15NO3. The highest BCUT2D eigenvalue weighted by Gasteiger charge is 1.99. The van der Waals surface area contributed by atoms with E-state index in [1.165, 1.54) is 0 Å². The van der Waals surface area contributed by atoms with Crippen LogP contribution in [0, 0.1) is 0 Å². The topological polar surface area (TPSA) is 61.5 Å². The van der Waals surface area contributed by atoms with Crippen LogP contribution in [0.2, 0.25) is 0 Å². The first-order chi connectivity index (χ1) is 5.31. The zero-order chi connectivity index (χ0) is 8.53. The van der Waals surface area contributed by atoms with E-state index >= 15 is 0 Å². The van der Waals surface area contributed by atoms with Crippen molar-refractivity contribution in [1.82, 2.24) is 0 Å². The molecule has 11 heavy (non-hydrogen) atoms. The van der Waals surface area contributed by atoms with Crippen LogP contribution in [0.5, 0.6) is 0 Å². The molecule has 0 aromatic rings.